The molecule has 2 aromatic heterocycles. The second-order valence-electron chi connectivity index (χ2n) is 8.61. The van der Waals surface area contributed by atoms with Gasteiger partial charge < -0.3 is 9.47 Å². The Hall–Kier alpha value is -2.14. The summed E-state index contributed by atoms with van der Waals surface area (Å²) in [5.41, 5.74) is 2.28. The maximum Gasteiger partial charge on any atom is 0.264 e. The van der Waals surface area contributed by atoms with Crippen molar-refractivity contribution in [3.63, 3.8) is 0 Å². The first-order valence-electron chi connectivity index (χ1n) is 11.0. The van der Waals surface area contributed by atoms with Crippen LogP contribution in [0.1, 0.15) is 77.8 Å². The minimum atomic E-state index is 0.181. The van der Waals surface area contributed by atoms with E-state index in [2.05, 4.69) is 46.7 Å². The maximum atomic E-state index is 13.5. The number of hydrogen-bond acceptors (Lipinski definition) is 3. The average molecular weight is 408 g/mol. The van der Waals surface area contributed by atoms with E-state index in [1.165, 1.54) is 48.9 Å². The second-order valence-corrected chi connectivity index (χ2v) is 9.89. The zero-order valence-electron chi connectivity index (χ0n) is 17.1. The highest BCUT2D eigenvalue weighted by Crippen LogP contribution is 2.35. The number of amides is 1. The molecule has 0 bridgehead atoms. The molecule has 1 amide bonds. The smallest absolute Gasteiger partial charge is 0.264 e. The van der Waals surface area contributed by atoms with Crippen LogP contribution in [-0.4, -0.2) is 26.4 Å². The number of nitrogens with zero attached hydrogens (tertiary/aromatic N) is 3. The monoisotopic (exact) mass is 407 g/mol. The number of thiophene rings is 1. The van der Waals surface area contributed by atoms with Crippen LogP contribution < -0.4 is 0 Å². The van der Waals surface area contributed by atoms with Gasteiger partial charge in [0.25, 0.3) is 5.91 Å². The van der Waals surface area contributed by atoms with Crippen LogP contribution in [0, 0.1) is 6.92 Å². The third-order valence-corrected chi connectivity index (χ3v) is 7.64. The highest BCUT2D eigenvalue weighted by Gasteiger charge is 2.31. The van der Waals surface area contributed by atoms with Gasteiger partial charge in [0.2, 0.25) is 0 Å². The lowest BCUT2D eigenvalue weighted by molar-refractivity contribution is 0.0660. The van der Waals surface area contributed by atoms with Gasteiger partial charge in [-0.05, 0) is 56.9 Å². The van der Waals surface area contributed by atoms with Gasteiger partial charge in [0, 0.05) is 17.0 Å². The first kappa shape index (κ1) is 18.9. The zero-order valence-corrected chi connectivity index (χ0v) is 18.0. The van der Waals surface area contributed by atoms with Crippen molar-refractivity contribution in [1.82, 2.24) is 14.5 Å². The number of carbonyl (C=O) groups excluding carboxylic acids is 1. The number of para-hydroxylation sites is 2. The van der Waals surface area contributed by atoms with E-state index in [0.717, 1.165) is 29.1 Å². The lowest BCUT2D eigenvalue weighted by Crippen LogP contribution is -2.39. The summed E-state index contributed by atoms with van der Waals surface area (Å²) in [6, 6.07) is 13.4. The molecule has 29 heavy (non-hydrogen) atoms. The molecule has 2 saturated carbocycles. The van der Waals surface area contributed by atoms with Crippen LogP contribution in [0.5, 0.6) is 0 Å². The molecule has 5 heteroatoms. The number of hydrogen-bond donors (Lipinski definition) is 0. The molecule has 0 radical (unpaired) electrons. The molecule has 2 aliphatic carbocycles. The van der Waals surface area contributed by atoms with Crippen molar-refractivity contribution in [3.05, 3.63) is 52.0 Å². The molecule has 152 valence electrons. The van der Waals surface area contributed by atoms with Crippen molar-refractivity contribution in [2.24, 2.45) is 0 Å². The number of aryl methyl sites for hydroxylation is 1. The summed E-state index contributed by atoms with van der Waals surface area (Å²) in [4.78, 5) is 22.7. The highest BCUT2D eigenvalue weighted by molar-refractivity contribution is 7.13. The summed E-state index contributed by atoms with van der Waals surface area (Å²) >= 11 is 1.61. The Labute approximate surface area is 176 Å². The molecular formula is C24H29N3OS. The highest BCUT2D eigenvalue weighted by atomic mass is 32.1. The third-order valence-electron chi connectivity index (χ3n) is 6.65. The molecule has 2 fully saturated rings. The molecule has 0 aliphatic heterocycles. The first-order valence-corrected chi connectivity index (χ1v) is 11.9. The number of imidazole rings is 1. The molecule has 5 rings (SSSR count). The summed E-state index contributed by atoms with van der Waals surface area (Å²) < 4.78 is 2.46. The summed E-state index contributed by atoms with van der Waals surface area (Å²) in [6.45, 7) is 2.69. The number of rotatable bonds is 5. The van der Waals surface area contributed by atoms with Gasteiger partial charge in [-0.25, -0.2) is 4.98 Å². The van der Waals surface area contributed by atoms with Crippen LogP contribution in [0.2, 0.25) is 0 Å². The third kappa shape index (κ3) is 3.61. The number of aromatic nitrogens is 2. The van der Waals surface area contributed by atoms with E-state index in [1.54, 1.807) is 11.3 Å². The van der Waals surface area contributed by atoms with E-state index in [0.29, 0.717) is 18.6 Å². The van der Waals surface area contributed by atoms with Crippen molar-refractivity contribution in [1.29, 1.82) is 0 Å². The zero-order chi connectivity index (χ0) is 19.8. The Bertz CT molecular complexity index is 1010. The van der Waals surface area contributed by atoms with Gasteiger partial charge >= 0.3 is 0 Å². The minimum absolute atomic E-state index is 0.181. The quantitative estimate of drug-likeness (QED) is 0.512. The normalized spacial score (nSPS) is 18.1. The van der Waals surface area contributed by atoms with E-state index in [9.17, 15) is 4.79 Å². The molecule has 0 spiro atoms. The van der Waals surface area contributed by atoms with Crippen molar-refractivity contribution >= 4 is 28.3 Å². The van der Waals surface area contributed by atoms with Crippen LogP contribution in [0.4, 0.5) is 0 Å². The van der Waals surface area contributed by atoms with Crippen LogP contribution in [0.25, 0.3) is 11.0 Å². The second kappa shape index (κ2) is 7.94. The Kier molecular flexibility index (Phi) is 5.17. The summed E-state index contributed by atoms with van der Waals surface area (Å²) in [5.74, 6) is 1.24. The van der Waals surface area contributed by atoms with Crippen LogP contribution in [-0.2, 0) is 6.54 Å². The van der Waals surface area contributed by atoms with Crippen molar-refractivity contribution in [3.8, 4) is 0 Å². The molecule has 3 aromatic rings. The van der Waals surface area contributed by atoms with Gasteiger partial charge in [-0.3, -0.25) is 4.79 Å². The summed E-state index contributed by atoms with van der Waals surface area (Å²) in [6.07, 6.45) is 9.67. The van der Waals surface area contributed by atoms with Gasteiger partial charge in [0.05, 0.1) is 22.5 Å². The predicted molar refractivity (Wildman–Crippen MR) is 118 cm³/mol. The van der Waals surface area contributed by atoms with E-state index < -0.39 is 0 Å². The fourth-order valence-electron chi connectivity index (χ4n) is 5.20. The van der Waals surface area contributed by atoms with E-state index in [-0.39, 0.29) is 5.91 Å². The fraction of sp³-hybridized carbons (Fsp3) is 0.500. The number of carbonyl (C=O) groups is 1. The first-order chi connectivity index (χ1) is 14.2. The average Bonchev–Trinajstić information content (AvgIpc) is 3.51. The molecule has 0 saturated heterocycles. The van der Waals surface area contributed by atoms with Gasteiger partial charge in [-0.15, -0.1) is 11.3 Å². The van der Waals surface area contributed by atoms with Crippen LogP contribution in [0.3, 0.4) is 0 Å². The van der Waals surface area contributed by atoms with E-state index in [1.807, 2.05) is 6.07 Å². The Morgan fingerprint density at radius 3 is 2.52 bits per heavy atom. The Morgan fingerprint density at radius 1 is 1.07 bits per heavy atom. The molecule has 2 aliphatic rings. The standard InChI is InChI=1S/C24H29N3OS/c1-17-14-15-22(29-17)24(28)26(18-8-2-3-9-18)16-23-25-20-12-6-7-13-21(20)27(23)19-10-4-5-11-19/h6-7,12-15,18-19H,2-5,8-11,16H2,1H3. The van der Waals surface area contributed by atoms with Gasteiger partial charge in [-0.2, -0.15) is 0 Å². The van der Waals surface area contributed by atoms with Crippen LogP contribution in [0.15, 0.2) is 36.4 Å². The van der Waals surface area contributed by atoms with Crippen molar-refractivity contribution in [2.45, 2.75) is 76.9 Å². The summed E-state index contributed by atoms with van der Waals surface area (Å²) in [5, 5.41) is 0. The van der Waals surface area contributed by atoms with E-state index in [4.69, 9.17) is 4.98 Å². The topological polar surface area (TPSA) is 38.1 Å². The molecular weight excluding hydrogens is 378 g/mol. The summed E-state index contributed by atoms with van der Waals surface area (Å²) in [7, 11) is 0. The van der Waals surface area contributed by atoms with Crippen LogP contribution >= 0.6 is 11.3 Å². The van der Waals surface area contributed by atoms with Crippen molar-refractivity contribution in [2.75, 3.05) is 0 Å². The largest absolute Gasteiger partial charge is 0.327 e. The minimum Gasteiger partial charge on any atom is -0.327 e. The molecule has 0 unspecified atom stereocenters. The maximum absolute atomic E-state index is 13.5. The van der Waals surface area contributed by atoms with Crippen molar-refractivity contribution < 1.29 is 4.79 Å². The molecule has 0 N–H and O–H groups in total. The van der Waals surface area contributed by atoms with E-state index >= 15 is 0 Å². The lowest BCUT2D eigenvalue weighted by Gasteiger charge is -2.29. The lowest BCUT2D eigenvalue weighted by atomic mass is 10.2. The molecule has 1 aromatic carbocycles. The Balaban J connectivity index is 1.53. The van der Waals surface area contributed by atoms with Gasteiger partial charge in [-0.1, -0.05) is 37.8 Å². The molecule has 2 heterocycles. The number of fused-ring (bicyclic) bond motifs is 1. The van der Waals surface area contributed by atoms with Gasteiger partial charge in [0.1, 0.15) is 5.82 Å². The number of benzene rings is 1. The Morgan fingerprint density at radius 2 is 1.79 bits per heavy atom. The SMILES string of the molecule is Cc1ccc(C(=O)N(Cc2nc3ccccc3n2C2CCCC2)C2CCCC2)s1. The molecule has 4 nitrogen and oxygen atoms in total. The fourth-order valence-corrected chi connectivity index (χ4v) is 6.03. The van der Waals surface area contributed by atoms with Gasteiger partial charge in [0.15, 0.2) is 0 Å². The molecule has 0 atom stereocenters. The predicted octanol–water partition coefficient (Wildman–Crippen LogP) is 6.11.